The number of hydrogen-bond acceptors (Lipinski definition) is 2. The molecule has 3 nitrogen and oxygen atoms in total. The molecule has 1 aliphatic carbocycles. The normalized spacial score (nSPS) is 36.0. The Morgan fingerprint density at radius 1 is 1.67 bits per heavy atom. The summed E-state index contributed by atoms with van der Waals surface area (Å²) in [4.78, 5) is 0. The molecule has 0 bridgehead atoms. The molecule has 1 aromatic rings. The Balaban J connectivity index is 2.25. The predicted molar refractivity (Wildman–Crippen MR) is 30.9 cm³/mol. The van der Waals surface area contributed by atoms with Crippen LogP contribution in [0.2, 0.25) is 0 Å². The predicted octanol–water partition coefficient (Wildman–Crippen LogP) is 0.395. The molecule has 0 saturated heterocycles. The number of fused-ring (bicyclic) bond motifs is 3. The van der Waals surface area contributed by atoms with E-state index in [1.165, 1.54) is 18.8 Å². The lowest BCUT2D eigenvalue weighted by Gasteiger charge is -1.93. The van der Waals surface area contributed by atoms with Crippen molar-refractivity contribution in [2.24, 2.45) is 5.92 Å². The topological polar surface area (TPSA) is 30.7 Å². The van der Waals surface area contributed by atoms with Crippen LogP contribution in [0.5, 0.6) is 0 Å². The molecule has 0 spiro atoms. The van der Waals surface area contributed by atoms with Crippen LogP contribution in [0.4, 0.5) is 0 Å². The molecule has 0 N–H and O–H groups in total. The zero-order valence-electron chi connectivity index (χ0n) is 4.99. The highest BCUT2D eigenvalue weighted by Crippen LogP contribution is 2.52. The molecule has 1 aliphatic heterocycles. The molecule has 2 atom stereocenters. The van der Waals surface area contributed by atoms with E-state index >= 15 is 0 Å². The van der Waals surface area contributed by atoms with Crippen molar-refractivity contribution in [2.45, 2.75) is 18.9 Å². The van der Waals surface area contributed by atoms with Crippen molar-refractivity contribution in [3.05, 3.63) is 12.2 Å². The Morgan fingerprint density at radius 2 is 2.67 bits per heavy atom. The van der Waals surface area contributed by atoms with Crippen molar-refractivity contribution in [3.8, 4) is 0 Å². The fraction of sp³-hybridized carbons (Fsp3) is 0.667. The molecular weight excluding hydrogens is 114 g/mol. The lowest BCUT2D eigenvalue weighted by atomic mass is 10.4. The third kappa shape index (κ3) is 0.352. The summed E-state index contributed by atoms with van der Waals surface area (Å²) in [7, 11) is 0. The van der Waals surface area contributed by atoms with E-state index in [0.717, 1.165) is 11.8 Å². The van der Waals surface area contributed by atoms with Gasteiger partial charge in [-0.1, -0.05) is 0 Å². The van der Waals surface area contributed by atoms with Crippen LogP contribution in [-0.2, 0) is 6.54 Å². The summed E-state index contributed by atoms with van der Waals surface area (Å²) in [6, 6.07) is 0. The quantitative estimate of drug-likeness (QED) is 0.497. The van der Waals surface area contributed by atoms with Gasteiger partial charge in [0.25, 0.3) is 0 Å². The Bertz CT molecular complexity index is 253. The largest absolute Gasteiger partial charge is 0.317 e. The number of nitrogens with zero attached hydrogens (tertiary/aromatic N) is 3. The van der Waals surface area contributed by atoms with Gasteiger partial charge in [-0.25, -0.2) is 0 Å². The Morgan fingerprint density at radius 3 is 3.56 bits per heavy atom. The molecule has 0 radical (unpaired) electrons. The average molecular weight is 121 g/mol. The number of aromatic nitrogens is 3. The third-order valence-electron chi connectivity index (χ3n) is 2.33. The van der Waals surface area contributed by atoms with Crippen molar-refractivity contribution < 1.29 is 0 Å². The smallest absolute Gasteiger partial charge is 0.136 e. The molecule has 1 aromatic heterocycles. The molecule has 2 aliphatic rings. The van der Waals surface area contributed by atoms with E-state index in [4.69, 9.17) is 0 Å². The first-order valence-electron chi connectivity index (χ1n) is 3.33. The molecule has 0 amide bonds. The van der Waals surface area contributed by atoms with E-state index < -0.39 is 0 Å². The lowest BCUT2D eigenvalue weighted by molar-refractivity contribution is 0.666. The molecule has 46 valence electrons. The van der Waals surface area contributed by atoms with Gasteiger partial charge in [-0.15, -0.1) is 10.2 Å². The minimum atomic E-state index is 0.785. The van der Waals surface area contributed by atoms with Gasteiger partial charge in [0.05, 0.1) is 0 Å². The number of hydrogen-bond donors (Lipinski definition) is 0. The van der Waals surface area contributed by atoms with Gasteiger partial charge in [0.2, 0.25) is 0 Å². The van der Waals surface area contributed by atoms with Gasteiger partial charge in [0.1, 0.15) is 12.2 Å². The standard InChI is InChI=1S/C6H7N3/c1-4-2-9-3-7-8-6(9)5(1)4/h3-5H,1-2H2. The Labute approximate surface area is 52.7 Å². The van der Waals surface area contributed by atoms with Crippen LogP contribution >= 0.6 is 0 Å². The lowest BCUT2D eigenvalue weighted by Crippen LogP contribution is -1.94. The summed E-state index contributed by atoms with van der Waals surface area (Å²) in [5.41, 5.74) is 0. The fourth-order valence-corrected chi connectivity index (χ4v) is 1.71. The SMILES string of the molecule is c1nnc2n1CC1CC21. The van der Waals surface area contributed by atoms with Crippen LogP contribution in [0.3, 0.4) is 0 Å². The molecule has 1 fully saturated rings. The molecule has 3 rings (SSSR count). The van der Waals surface area contributed by atoms with Gasteiger partial charge in [0, 0.05) is 12.5 Å². The van der Waals surface area contributed by atoms with Gasteiger partial charge in [-0.3, -0.25) is 0 Å². The van der Waals surface area contributed by atoms with Crippen molar-refractivity contribution in [1.29, 1.82) is 0 Å². The van der Waals surface area contributed by atoms with Gasteiger partial charge in [-0.05, 0) is 12.3 Å². The van der Waals surface area contributed by atoms with E-state index in [1.807, 2.05) is 6.33 Å². The molecule has 1 saturated carbocycles. The zero-order chi connectivity index (χ0) is 5.84. The first-order chi connectivity index (χ1) is 4.45. The van der Waals surface area contributed by atoms with Gasteiger partial charge in [0.15, 0.2) is 0 Å². The highest BCUT2D eigenvalue weighted by molar-refractivity contribution is 5.15. The number of rotatable bonds is 0. The summed E-state index contributed by atoms with van der Waals surface area (Å²) >= 11 is 0. The van der Waals surface area contributed by atoms with Gasteiger partial charge in [-0.2, -0.15) is 0 Å². The maximum Gasteiger partial charge on any atom is 0.136 e. The second kappa shape index (κ2) is 1.03. The second-order valence-corrected chi connectivity index (χ2v) is 2.94. The van der Waals surface area contributed by atoms with Gasteiger partial charge >= 0.3 is 0 Å². The van der Waals surface area contributed by atoms with Crippen LogP contribution < -0.4 is 0 Å². The van der Waals surface area contributed by atoms with Crippen LogP contribution in [-0.4, -0.2) is 14.8 Å². The maximum atomic E-state index is 4.03. The van der Waals surface area contributed by atoms with E-state index in [0.29, 0.717) is 0 Å². The van der Waals surface area contributed by atoms with E-state index in [9.17, 15) is 0 Å². The first-order valence-corrected chi connectivity index (χ1v) is 3.33. The second-order valence-electron chi connectivity index (χ2n) is 2.94. The molecule has 3 heteroatoms. The Hall–Kier alpha value is -0.860. The molecule has 2 heterocycles. The van der Waals surface area contributed by atoms with E-state index in [-0.39, 0.29) is 0 Å². The summed E-state index contributed by atoms with van der Waals surface area (Å²) in [6.45, 7) is 1.17. The molecule has 2 unspecified atom stereocenters. The summed E-state index contributed by atoms with van der Waals surface area (Å²) in [6.07, 6.45) is 3.19. The van der Waals surface area contributed by atoms with Crippen molar-refractivity contribution in [1.82, 2.24) is 14.8 Å². The summed E-state index contributed by atoms with van der Waals surface area (Å²) < 4.78 is 2.17. The van der Waals surface area contributed by atoms with Crippen molar-refractivity contribution in [3.63, 3.8) is 0 Å². The highest BCUT2D eigenvalue weighted by Gasteiger charge is 2.47. The molecule has 0 aromatic carbocycles. The van der Waals surface area contributed by atoms with Gasteiger partial charge < -0.3 is 4.57 Å². The highest BCUT2D eigenvalue weighted by atomic mass is 15.3. The van der Waals surface area contributed by atoms with E-state index in [2.05, 4.69) is 14.8 Å². The maximum absolute atomic E-state index is 4.03. The van der Waals surface area contributed by atoms with Crippen molar-refractivity contribution >= 4 is 0 Å². The van der Waals surface area contributed by atoms with Crippen LogP contribution in [0.25, 0.3) is 0 Å². The zero-order valence-corrected chi connectivity index (χ0v) is 4.99. The van der Waals surface area contributed by atoms with E-state index in [1.54, 1.807) is 0 Å². The summed E-state index contributed by atoms with van der Waals surface area (Å²) in [5.74, 6) is 2.93. The van der Waals surface area contributed by atoms with Crippen LogP contribution in [0, 0.1) is 5.92 Å². The minimum Gasteiger partial charge on any atom is -0.317 e. The van der Waals surface area contributed by atoms with Crippen LogP contribution in [0.15, 0.2) is 6.33 Å². The van der Waals surface area contributed by atoms with Crippen LogP contribution in [0.1, 0.15) is 18.2 Å². The fourth-order valence-electron chi connectivity index (χ4n) is 1.71. The first kappa shape index (κ1) is 4.04. The Kier molecular flexibility index (Phi) is 0.463. The van der Waals surface area contributed by atoms with Crippen molar-refractivity contribution in [2.75, 3.05) is 0 Å². The average Bonchev–Trinajstić information content (AvgIpc) is 2.38. The molecule has 9 heavy (non-hydrogen) atoms. The minimum absolute atomic E-state index is 0.785. The summed E-state index contributed by atoms with van der Waals surface area (Å²) in [5, 5.41) is 7.87. The molecular formula is C6H7N3. The third-order valence-corrected chi connectivity index (χ3v) is 2.33. The monoisotopic (exact) mass is 121 g/mol.